The molecular formula is C8H6N2O2. The minimum atomic E-state index is 0.433. The summed E-state index contributed by atoms with van der Waals surface area (Å²) in [5.74, 6) is 1.08. The Morgan fingerprint density at radius 3 is 3.00 bits per heavy atom. The lowest BCUT2D eigenvalue weighted by molar-refractivity contribution is 0.366. The summed E-state index contributed by atoms with van der Waals surface area (Å²) >= 11 is 0. The van der Waals surface area contributed by atoms with E-state index in [0.717, 1.165) is 0 Å². The predicted octanol–water partition coefficient (Wildman–Crippen LogP) is 1.86. The van der Waals surface area contributed by atoms with Crippen LogP contribution in [0.25, 0.3) is 0 Å². The SMILES string of the molecule is c1cncc(Oc2ccon2)c1. The van der Waals surface area contributed by atoms with Gasteiger partial charge in [0.15, 0.2) is 0 Å². The molecule has 0 aliphatic heterocycles. The second kappa shape index (κ2) is 3.04. The smallest absolute Gasteiger partial charge is 0.259 e. The quantitative estimate of drug-likeness (QED) is 0.676. The molecule has 4 nitrogen and oxygen atoms in total. The summed E-state index contributed by atoms with van der Waals surface area (Å²) in [5.41, 5.74) is 0. The Bertz CT molecular complexity index is 331. The largest absolute Gasteiger partial charge is 0.435 e. The van der Waals surface area contributed by atoms with Crippen LogP contribution < -0.4 is 4.74 Å². The molecule has 0 radical (unpaired) electrons. The lowest BCUT2D eigenvalue weighted by Gasteiger charge is -1.97. The molecule has 0 amide bonds. The molecule has 0 saturated heterocycles. The molecule has 12 heavy (non-hydrogen) atoms. The van der Waals surface area contributed by atoms with Crippen LogP contribution >= 0.6 is 0 Å². The van der Waals surface area contributed by atoms with Crippen LogP contribution in [0.2, 0.25) is 0 Å². The van der Waals surface area contributed by atoms with Gasteiger partial charge in [-0.2, -0.15) is 0 Å². The number of aromatic nitrogens is 2. The highest BCUT2D eigenvalue weighted by atomic mass is 16.5. The van der Waals surface area contributed by atoms with Gasteiger partial charge in [0.05, 0.1) is 6.20 Å². The van der Waals surface area contributed by atoms with Crippen LogP contribution in [0.4, 0.5) is 0 Å². The van der Waals surface area contributed by atoms with Gasteiger partial charge < -0.3 is 9.26 Å². The van der Waals surface area contributed by atoms with Crippen molar-refractivity contribution in [1.29, 1.82) is 0 Å². The maximum atomic E-state index is 5.25. The van der Waals surface area contributed by atoms with Crippen molar-refractivity contribution < 1.29 is 9.26 Å². The minimum Gasteiger partial charge on any atom is -0.435 e. The summed E-state index contributed by atoms with van der Waals surface area (Å²) in [6, 6.07) is 5.21. The molecule has 0 N–H and O–H groups in total. The van der Waals surface area contributed by atoms with Gasteiger partial charge in [-0.15, -0.1) is 0 Å². The van der Waals surface area contributed by atoms with Gasteiger partial charge in [0.25, 0.3) is 5.88 Å². The van der Waals surface area contributed by atoms with E-state index in [1.807, 2.05) is 0 Å². The number of rotatable bonds is 2. The van der Waals surface area contributed by atoms with Crippen LogP contribution in [-0.2, 0) is 0 Å². The maximum Gasteiger partial charge on any atom is 0.259 e. The van der Waals surface area contributed by atoms with Crippen LogP contribution in [0.3, 0.4) is 0 Å². The van der Waals surface area contributed by atoms with Gasteiger partial charge in [0.2, 0.25) is 0 Å². The zero-order valence-corrected chi connectivity index (χ0v) is 6.18. The molecule has 0 fully saturated rings. The Morgan fingerprint density at radius 2 is 2.33 bits per heavy atom. The van der Waals surface area contributed by atoms with Crippen molar-refractivity contribution in [2.45, 2.75) is 0 Å². The fraction of sp³-hybridized carbons (Fsp3) is 0. The molecule has 0 unspecified atom stereocenters. The van der Waals surface area contributed by atoms with Crippen LogP contribution in [0.1, 0.15) is 0 Å². The van der Waals surface area contributed by atoms with Crippen molar-refractivity contribution in [1.82, 2.24) is 10.1 Å². The zero-order chi connectivity index (χ0) is 8.23. The first-order chi connectivity index (χ1) is 5.95. The summed E-state index contributed by atoms with van der Waals surface area (Å²) < 4.78 is 9.84. The normalized spacial score (nSPS) is 9.67. The number of nitrogens with zero attached hydrogens (tertiary/aromatic N) is 2. The second-order valence-electron chi connectivity index (χ2n) is 2.13. The van der Waals surface area contributed by atoms with Gasteiger partial charge in [-0.1, -0.05) is 0 Å². The first-order valence-corrected chi connectivity index (χ1v) is 3.43. The van der Waals surface area contributed by atoms with E-state index in [2.05, 4.69) is 14.7 Å². The fourth-order valence-electron chi connectivity index (χ4n) is 0.782. The van der Waals surface area contributed by atoms with Crippen molar-refractivity contribution in [2.24, 2.45) is 0 Å². The fourth-order valence-corrected chi connectivity index (χ4v) is 0.782. The minimum absolute atomic E-state index is 0.433. The Kier molecular flexibility index (Phi) is 1.74. The molecular weight excluding hydrogens is 156 g/mol. The van der Waals surface area contributed by atoms with Gasteiger partial charge in [-0.25, -0.2) is 0 Å². The van der Waals surface area contributed by atoms with Crippen LogP contribution in [0, 0.1) is 0 Å². The van der Waals surface area contributed by atoms with Crippen LogP contribution in [0.5, 0.6) is 11.6 Å². The van der Waals surface area contributed by atoms with E-state index in [1.165, 1.54) is 6.26 Å². The highest BCUT2D eigenvalue weighted by Gasteiger charge is 1.97. The molecule has 0 bridgehead atoms. The van der Waals surface area contributed by atoms with E-state index in [9.17, 15) is 0 Å². The maximum absolute atomic E-state index is 5.25. The van der Waals surface area contributed by atoms with Gasteiger partial charge in [0.1, 0.15) is 12.0 Å². The lowest BCUT2D eigenvalue weighted by atomic mass is 10.5. The van der Waals surface area contributed by atoms with Crippen LogP contribution in [-0.4, -0.2) is 10.1 Å². The predicted molar refractivity (Wildman–Crippen MR) is 40.8 cm³/mol. The molecule has 2 aromatic rings. The third-order valence-corrected chi connectivity index (χ3v) is 1.27. The summed E-state index contributed by atoms with van der Waals surface area (Å²) in [6.07, 6.45) is 4.73. The molecule has 0 atom stereocenters. The molecule has 2 heterocycles. The molecule has 2 rings (SSSR count). The van der Waals surface area contributed by atoms with Gasteiger partial charge in [-0.05, 0) is 17.3 Å². The number of ether oxygens (including phenoxy) is 1. The Balaban J connectivity index is 2.15. The highest BCUT2D eigenvalue weighted by molar-refractivity contribution is 5.21. The number of hydrogen-bond donors (Lipinski definition) is 0. The third kappa shape index (κ3) is 1.42. The van der Waals surface area contributed by atoms with E-state index < -0.39 is 0 Å². The zero-order valence-electron chi connectivity index (χ0n) is 6.18. The standard InChI is InChI=1S/C8H6N2O2/c1-2-7(6-9-4-1)12-8-3-5-11-10-8/h1-6H. The Morgan fingerprint density at radius 1 is 1.33 bits per heavy atom. The van der Waals surface area contributed by atoms with E-state index >= 15 is 0 Å². The molecule has 0 aromatic carbocycles. The molecule has 0 saturated carbocycles. The molecule has 0 aliphatic carbocycles. The van der Waals surface area contributed by atoms with Gasteiger partial charge in [-0.3, -0.25) is 4.98 Å². The van der Waals surface area contributed by atoms with Crippen molar-refractivity contribution >= 4 is 0 Å². The molecule has 4 heteroatoms. The average molecular weight is 162 g/mol. The number of hydrogen-bond acceptors (Lipinski definition) is 4. The average Bonchev–Trinajstić information content (AvgIpc) is 2.59. The van der Waals surface area contributed by atoms with Gasteiger partial charge in [0, 0.05) is 12.3 Å². The third-order valence-electron chi connectivity index (χ3n) is 1.27. The summed E-state index contributed by atoms with van der Waals surface area (Å²) in [7, 11) is 0. The Hall–Kier alpha value is -1.84. The monoisotopic (exact) mass is 162 g/mol. The lowest BCUT2D eigenvalue weighted by Crippen LogP contribution is -1.83. The molecule has 0 aliphatic rings. The first kappa shape index (κ1) is 6.84. The molecule has 60 valence electrons. The second-order valence-corrected chi connectivity index (χ2v) is 2.13. The molecule has 0 spiro atoms. The summed E-state index contributed by atoms with van der Waals surface area (Å²) in [5, 5.41) is 3.59. The highest BCUT2D eigenvalue weighted by Crippen LogP contribution is 2.16. The number of pyridine rings is 1. The van der Waals surface area contributed by atoms with E-state index in [0.29, 0.717) is 11.6 Å². The van der Waals surface area contributed by atoms with Crippen molar-refractivity contribution in [3.63, 3.8) is 0 Å². The van der Waals surface area contributed by atoms with E-state index in [1.54, 1.807) is 30.6 Å². The van der Waals surface area contributed by atoms with E-state index in [-0.39, 0.29) is 0 Å². The first-order valence-electron chi connectivity index (χ1n) is 3.43. The summed E-state index contributed by atoms with van der Waals surface area (Å²) in [6.45, 7) is 0. The van der Waals surface area contributed by atoms with Crippen molar-refractivity contribution in [3.8, 4) is 11.6 Å². The molecule has 2 aromatic heterocycles. The topological polar surface area (TPSA) is 48.2 Å². The van der Waals surface area contributed by atoms with Crippen molar-refractivity contribution in [3.05, 3.63) is 36.9 Å². The van der Waals surface area contributed by atoms with Crippen LogP contribution in [0.15, 0.2) is 41.4 Å². The van der Waals surface area contributed by atoms with E-state index in [4.69, 9.17) is 4.74 Å². The summed E-state index contributed by atoms with van der Waals surface area (Å²) in [4.78, 5) is 3.88. The Labute approximate surface area is 68.8 Å². The van der Waals surface area contributed by atoms with Crippen molar-refractivity contribution in [2.75, 3.05) is 0 Å². The van der Waals surface area contributed by atoms with Gasteiger partial charge >= 0.3 is 0 Å².